The summed E-state index contributed by atoms with van der Waals surface area (Å²) in [4.78, 5) is 23.9. The lowest BCUT2D eigenvalue weighted by molar-refractivity contribution is -0.166. The summed E-state index contributed by atoms with van der Waals surface area (Å²) < 4.78 is 5.21. The number of aliphatic carboxylic acids is 1. The molecule has 1 fully saturated rings. The van der Waals surface area contributed by atoms with Crippen molar-refractivity contribution < 1.29 is 19.4 Å². The van der Waals surface area contributed by atoms with Crippen LogP contribution in [0.2, 0.25) is 0 Å². The lowest BCUT2D eigenvalue weighted by Crippen LogP contribution is -2.51. The van der Waals surface area contributed by atoms with E-state index < -0.39 is 12.1 Å². The van der Waals surface area contributed by atoms with Gasteiger partial charge in [-0.05, 0) is 13.3 Å². The summed E-state index contributed by atoms with van der Waals surface area (Å²) in [7, 11) is 0. The van der Waals surface area contributed by atoms with Crippen molar-refractivity contribution in [2.45, 2.75) is 38.9 Å². The van der Waals surface area contributed by atoms with Crippen LogP contribution in [0.15, 0.2) is 0 Å². The van der Waals surface area contributed by atoms with Gasteiger partial charge in [0, 0.05) is 13.0 Å². The molecular formula is C10H17NO4. The van der Waals surface area contributed by atoms with Crippen molar-refractivity contribution in [3.63, 3.8) is 0 Å². The van der Waals surface area contributed by atoms with Crippen molar-refractivity contribution in [2.24, 2.45) is 0 Å². The van der Waals surface area contributed by atoms with Crippen LogP contribution in [0.4, 0.5) is 0 Å². The average Bonchev–Trinajstić information content (AvgIpc) is 2.17. The Morgan fingerprint density at radius 2 is 2.13 bits per heavy atom. The van der Waals surface area contributed by atoms with E-state index in [9.17, 15) is 9.59 Å². The number of amides is 1. The summed E-state index contributed by atoms with van der Waals surface area (Å²) in [5, 5.41) is 8.82. The number of carbonyl (C=O) groups is 2. The molecule has 15 heavy (non-hydrogen) atoms. The number of carboxylic acid groups (broad SMARTS) is 1. The van der Waals surface area contributed by atoms with Gasteiger partial charge in [0.2, 0.25) is 5.91 Å². The standard InChI is InChI=1S/C10H17NO4/c1-3-4-9(12)11-5-7(2)15-8(6-11)10(13)14/h7-8H,3-6H2,1-2H3,(H,13,14)/t7-,8?/m1/s1. The van der Waals surface area contributed by atoms with E-state index in [1.54, 1.807) is 11.8 Å². The highest BCUT2D eigenvalue weighted by Crippen LogP contribution is 2.12. The molecule has 2 atom stereocenters. The molecule has 5 nitrogen and oxygen atoms in total. The monoisotopic (exact) mass is 215 g/mol. The van der Waals surface area contributed by atoms with Gasteiger partial charge in [0.1, 0.15) is 0 Å². The zero-order valence-corrected chi connectivity index (χ0v) is 9.10. The molecule has 0 radical (unpaired) electrons. The predicted molar refractivity (Wildman–Crippen MR) is 53.5 cm³/mol. The first-order valence-electron chi connectivity index (χ1n) is 5.20. The second kappa shape index (κ2) is 5.11. The van der Waals surface area contributed by atoms with E-state index in [-0.39, 0.29) is 18.6 Å². The maximum Gasteiger partial charge on any atom is 0.334 e. The van der Waals surface area contributed by atoms with Crippen LogP contribution in [0.1, 0.15) is 26.7 Å². The van der Waals surface area contributed by atoms with Gasteiger partial charge >= 0.3 is 5.97 Å². The molecule has 1 rings (SSSR count). The molecule has 0 aromatic carbocycles. The maximum atomic E-state index is 11.6. The lowest BCUT2D eigenvalue weighted by Gasteiger charge is -2.34. The third kappa shape index (κ3) is 3.20. The number of rotatable bonds is 3. The first-order valence-corrected chi connectivity index (χ1v) is 5.20. The summed E-state index contributed by atoms with van der Waals surface area (Å²) in [6.07, 6.45) is 0.164. The van der Waals surface area contributed by atoms with Crippen LogP contribution in [0.25, 0.3) is 0 Å². The fourth-order valence-corrected chi connectivity index (χ4v) is 1.66. The van der Waals surface area contributed by atoms with Gasteiger partial charge in [-0.1, -0.05) is 6.92 Å². The molecule has 1 aliphatic rings. The van der Waals surface area contributed by atoms with Crippen molar-refractivity contribution in [3.05, 3.63) is 0 Å². The van der Waals surface area contributed by atoms with E-state index in [1.807, 2.05) is 6.92 Å². The highest BCUT2D eigenvalue weighted by molar-refractivity contribution is 5.78. The summed E-state index contributed by atoms with van der Waals surface area (Å²) >= 11 is 0. The Hall–Kier alpha value is -1.10. The SMILES string of the molecule is CCCC(=O)N1CC(C(=O)O)O[C@H](C)C1. The van der Waals surface area contributed by atoms with E-state index in [2.05, 4.69) is 0 Å². The molecule has 86 valence electrons. The second-order valence-electron chi connectivity index (χ2n) is 3.82. The third-order valence-electron chi connectivity index (χ3n) is 2.35. The number of ether oxygens (including phenoxy) is 1. The maximum absolute atomic E-state index is 11.6. The number of hydrogen-bond donors (Lipinski definition) is 1. The first-order chi connectivity index (χ1) is 7.04. The molecular weight excluding hydrogens is 198 g/mol. The fraction of sp³-hybridized carbons (Fsp3) is 0.800. The largest absolute Gasteiger partial charge is 0.479 e. The number of hydrogen-bond acceptors (Lipinski definition) is 3. The zero-order valence-electron chi connectivity index (χ0n) is 9.10. The number of carboxylic acids is 1. The number of nitrogens with zero attached hydrogens (tertiary/aromatic N) is 1. The lowest BCUT2D eigenvalue weighted by atomic mass is 10.2. The summed E-state index contributed by atoms with van der Waals surface area (Å²) in [6.45, 7) is 4.36. The molecule has 0 saturated carbocycles. The number of carbonyl (C=O) groups excluding carboxylic acids is 1. The van der Waals surface area contributed by atoms with Gasteiger partial charge in [-0.25, -0.2) is 4.79 Å². The normalized spacial score (nSPS) is 26.4. The Kier molecular flexibility index (Phi) is 4.08. The van der Waals surface area contributed by atoms with E-state index in [0.29, 0.717) is 13.0 Å². The quantitative estimate of drug-likeness (QED) is 0.744. The Morgan fingerprint density at radius 1 is 1.47 bits per heavy atom. The first kappa shape index (κ1) is 12.0. The Bertz CT molecular complexity index is 254. The van der Waals surface area contributed by atoms with Gasteiger partial charge in [0.15, 0.2) is 6.10 Å². The van der Waals surface area contributed by atoms with Gasteiger partial charge in [0.25, 0.3) is 0 Å². The van der Waals surface area contributed by atoms with E-state index >= 15 is 0 Å². The van der Waals surface area contributed by atoms with Crippen LogP contribution in [0, 0.1) is 0 Å². The molecule has 0 aromatic heterocycles. The van der Waals surface area contributed by atoms with E-state index in [1.165, 1.54) is 0 Å². The molecule has 5 heteroatoms. The Balaban J connectivity index is 2.58. The molecule has 1 saturated heterocycles. The topological polar surface area (TPSA) is 66.8 Å². The smallest absolute Gasteiger partial charge is 0.334 e. The van der Waals surface area contributed by atoms with Gasteiger partial charge in [-0.2, -0.15) is 0 Å². The molecule has 1 amide bonds. The van der Waals surface area contributed by atoms with Gasteiger partial charge in [-0.3, -0.25) is 4.79 Å². The molecule has 1 unspecified atom stereocenters. The molecule has 0 spiro atoms. The number of morpholine rings is 1. The van der Waals surface area contributed by atoms with Crippen LogP contribution in [0.3, 0.4) is 0 Å². The van der Waals surface area contributed by atoms with Crippen molar-refractivity contribution in [2.75, 3.05) is 13.1 Å². The second-order valence-corrected chi connectivity index (χ2v) is 3.82. The van der Waals surface area contributed by atoms with Gasteiger partial charge < -0.3 is 14.7 Å². The van der Waals surface area contributed by atoms with Gasteiger partial charge in [0.05, 0.1) is 12.6 Å². The van der Waals surface area contributed by atoms with Crippen molar-refractivity contribution in [3.8, 4) is 0 Å². The minimum Gasteiger partial charge on any atom is -0.479 e. The van der Waals surface area contributed by atoms with Crippen LogP contribution in [0.5, 0.6) is 0 Å². The predicted octanol–water partition coefficient (Wildman–Crippen LogP) is 0.487. The van der Waals surface area contributed by atoms with E-state index in [0.717, 1.165) is 6.42 Å². The highest BCUT2D eigenvalue weighted by atomic mass is 16.5. The molecule has 0 bridgehead atoms. The average molecular weight is 215 g/mol. The van der Waals surface area contributed by atoms with Crippen molar-refractivity contribution in [1.82, 2.24) is 4.90 Å². The molecule has 1 N–H and O–H groups in total. The van der Waals surface area contributed by atoms with Crippen molar-refractivity contribution >= 4 is 11.9 Å². The van der Waals surface area contributed by atoms with Crippen molar-refractivity contribution in [1.29, 1.82) is 0 Å². The third-order valence-corrected chi connectivity index (χ3v) is 2.35. The van der Waals surface area contributed by atoms with Crippen LogP contribution >= 0.6 is 0 Å². The van der Waals surface area contributed by atoms with Crippen LogP contribution in [-0.4, -0.2) is 47.2 Å². The fourth-order valence-electron chi connectivity index (χ4n) is 1.66. The van der Waals surface area contributed by atoms with Gasteiger partial charge in [-0.15, -0.1) is 0 Å². The minimum absolute atomic E-state index is 0.0129. The molecule has 1 heterocycles. The van der Waals surface area contributed by atoms with E-state index in [4.69, 9.17) is 9.84 Å². The molecule has 0 aromatic rings. The Labute approximate surface area is 89.0 Å². The summed E-state index contributed by atoms with van der Waals surface area (Å²) in [6, 6.07) is 0. The minimum atomic E-state index is -1.00. The van der Waals surface area contributed by atoms with Crippen LogP contribution < -0.4 is 0 Å². The summed E-state index contributed by atoms with van der Waals surface area (Å²) in [5.41, 5.74) is 0. The zero-order chi connectivity index (χ0) is 11.4. The molecule has 0 aliphatic carbocycles. The van der Waals surface area contributed by atoms with Crippen LogP contribution in [-0.2, 0) is 14.3 Å². The Morgan fingerprint density at radius 3 is 2.67 bits per heavy atom. The summed E-state index contributed by atoms with van der Waals surface area (Å²) in [5.74, 6) is -0.991. The molecule has 1 aliphatic heterocycles. The highest BCUT2D eigenvalue weighted by Gasteiger charge is 2.31.